The third-order valence-corrected chi connectivity index (χ3v) is 5.41. The van der Waals surface area contributed by atoms with E-state index in [0.717, 1.165) is 12.8 Å². The Morgan fingerprint density at radius 3 is 2.72 bits per heavy atom. The van der Waals surface area contributed by atoms with E-state index in [0.29, 0.717) is 41.8 Å². The van der Waals surface area contributed by atoms with E-state index in [2.05, 4.69) is 24.0 Å². The van der Waals surface area contributed by atoms with Gasteiger partial charge in [0.2, 0.25) is 11.7 Å². The highest BCUT2D eigenvalue weighted by Gasteiger charge is 2.29. The molecule has 1 atom stereocenters. The molecule has 4 rings (SSSR count). The summed E-state index contributed by atoms with van der Waals surface area (Å²) in [6.07, 6.45) is 1.75. The first-order chi connectivity index (χ1) is 14.0. The number of hydrogen-bond acceptors (Lipinski definition) is 4. The molecule has 1 aromatic heterocycles. The number of nitrogens with zero attached hydrogens (tertiary/aromatic N) is 3. The van der Waals surface area contributed by atoms with Gasteiger partial charge in [0.15, 0.2) is 0 Å². The van der Waals surface area contributed by atoms with Crippen LogP contribution in [0.5, 0.6) is 0 Å². The van der Waals surface area contributed by atoms with E-state index in [1.54, 1.807) is 12.1 Å². The average molecular weight is 393 g/mol. The summed E-state index contributed by atoms with van der Waals surface area (Å²) < 4.78 is 18.9. The number of halogens is 1. The third-order valence-electron chi connectivity index (χ3n) is 5.41. The van der Waals surface area contributed by atoms with E-state index < -0.39 is 0 Å². The van der Waals surface area contributed by atoms with Crippen molar-refractivity contribution in [3.05, 3.63) is 71.4 Å². The van der Waals surface area contributed by atoms with Crippen LogP contribution >= 0.6 is 0 Å². The fourth-order valence-electron chi connectivity index (χ4n) is 3.70. The van der Waals surface area contributed by atoms with Crippen LogP contribution in [0.3, 0.4) is 0 Å². The van der Waals surface area contributed by atoms with Gasteiger partial charge in [-0.15, -0.1) is 0 Å². The predicted molar refractivity (Wildman–Crippen MR) is 108 cm³/mol. The van der Waals surface area contributed by atoms with E-state index in [-0.39, 0.29) is 17.6 Å². The standard InChI is InChI=1S/C23H24FN3O2/c1-15(2)16-8-10-17(11-9-16)23(28)27-12-4-6-19(14-27)22-25-21(26-29-22)18-5-3-7-20(24)13-18/h3,5,7-11,13,15,19H,4,6,12,14H2,1-2H3. The van der Waals surface area contributed by atoms with Crippen LogP contribution in [0.25, 0.3) is 11.4 Å². The van der Waals surface area contributed by atoms with Crippen molar-refractivity contribution in [2.75, 3.05) is 13.1 Å². The van der Waals surface area contributed by atoms with Gasteiger partial charge in [0.05, 0.1) is 5.92 Å². The van der Waals surface area contributed by atoms with Gasteiger partial charge in [-0.05, 0) is 48.6 Å². The van der Waals surface area contributed by atoms with Crippen LogP contribution < -0.4 is 0 Å². The lowest BCUT2D eigenvalue weighted by atomic mass is 9.96. The van der Waals surface area contributed by atoms with Crippen molar-refractivity contribution in [1.82, 2.24) is 15.0 Å². The van der Waals surface area contributed by atoms with Crippen LogP contribution in [0.1, 0.15) is 60.3 Å². The van der Waals surface area contributed by atoms with Gasteiger partial charge in [0.1, 0.15) is 5.82 Å². The Morgan fingerprint density at radius 1 is 1.21 bits per heavy atom. The minimum absolute atomic E-state index is 0.0163. The summed E-state index contributed by atoms with van der Waals surface area (Å²) in [4.78, 5) is 19.3. The Labute approximate surface area is 169 Å². The van der Waals surface area contributed by atoms with Crippen molar-refractivity contribution in [2.45, 2.75) is 38.5 Å². The minimum Gasteiger partial charge on any atom is -0.339 e. The van der Waals surface area contributed by atoms with E-state index in [1.165, 1.54) is 17.7 Å². The highest BCUT2D eigenvalue weighted by atomic mass is 19.1. The molecule has 2 heterocycles. The van der Waals surface area contributed by atoms with Crippen molar-refractivity contribution in [1.29, 1.82) is 0 Å². The summed E-state index contributed by atoms with van der Waals surface area (Å²) in [7, 11) is 0. The zero-order chi connectivity index (χ0) is 20.4. The Bertz CT molecular complexity index is 997. The molecule has 1 unspecified atom stereocenters. The van der Waals surface area contributed by atoms with E-state index in [4.69, 9.17) is 4.52 Å². The van der Waals surface area contributed by atoms with Gasteiger partial charge in [-0.1, -0.05) is 43.3 Å². The zero-order valence-electron chi connectivity index (χ0n) is 16.6. The Hall–Kier alpha value is -3.02. The molecule has 2 aromatic carbocycles. The van der Waals surface area contributed by atoms with Crippen molar-refractivity contribution >= 4 is 5.91 Å². The largest absolute Gasteiger partial charge is 0.339 e. The lowest BCUT2D eigenvalue weighted by Crippen LogP contribution is -2.39. The van der Waals surface area contributed by atoms with Gasteiger partial charge in [0, 0.05) is 24.2 Å². The molecule has 29 heavy (non-hydrogen) atoms. The maximum absolute atomic E-state index is 13.5. The summed E-state index contributed by atoms with van der Waals surface area (Å²) >= 11 is 0. The van der Waals surface area contributed by atoms with Gasteiger partial charge in [-0.3, -0.25) is 4.79 Å². The first-order valence-corrected chi connectivity index (χ1v) is 10.00. The third kappa shape index (κ3) is 4.21. The second-order valence-electron chi connectivity index (χ2n) is 7.83. The molecule has 0 aliphatic carbocycles. The smallest absolute Gasteiger partial charge is 0.253 e. The molecule has 1 aliphatic rings. The highest BCUT2D eigenvalue weighted by Crippen LogP contribution is 2.28. The lowest BCUT2D eigenvalue weighted by Gasteiger charge is -2.31. The minimum atomic E-state index is -0.341. The molecule has 6 heteroatoms. The maximum Gasteiger partial charge on any atom is 0.253 e. The number of rotatable bonds is 4. The second kappa shape index (κ2) is 8.15. The molecule has 0 saturated carbocycles. The van der Waals surface area contributed by atoms with Crippen molar-refractivity contribution in [2.24, 2.45) is 0 Å². The van der Waals surface area contributed by atoms with Gasteiger partial charge < -0.3 is 9.42 Å². The van der Waals surface area contributed by atoms with Crippen LogP contribution in [0.4, 0.5) is 4.39 Å². The van der Waals surface area contributed by atoms with Crippen LogP contribution in [0.15, 0.2) is 53.1 Å². The number of piperidine rings is 1. The quantitative estimate of drug-likeness (QED) is 0.625. The van der Waals surface area contributed by atoms with Crippen molar-refractivity contribution in [3.63, 3.8) is 0 Å². The molecule has 0 spiro atoms. The number of carbonyl (C=O) groups excluding carboxylic acids is 1. The highest BCUT2D eigenvalue weighted by molar-refractivity contribution is 5.94. The first-order valence-electron chi connectivity index (χ1n) is 10.00. The molecular weight excluding hydrogens is 369 g/mol. The predicted octanol–water partition coefficient (Wildman–Crippen LogP) is 5.02. The molecule has 1 saturated heterocycles. The normalized spacial score (nSPS) is 17.0. The lowest BCUT2D eigenvalue weighted by molar-refractivity contribution is 0.0695. The monoisotopic (exact) mass is 393 g/mol. The molecule has 5 nitrogen and oxygen atoms in total. The zero-order valence-corrected chi connectivity index (χ0v) is 16.6. The average Bonchev–Trinajstić information content (AvgIpc) is 3.24. The number of benzene rings is 2. The van der Waals surface area contributed by atoms with Gasteiger partial charge in [-0.25, -0.2) is 4.39 Å². The summed E-state index contributed by atoms with van der Waals surface area (Å²) in [5.41, 5.74) is 2.49. The summed E-state index contributed by atoms with van der Waals surface area (Å²) in [6.45, 7) is 5.52. The van der Waals surface area contributed by atoms with E-state index in [9.17, 15) is 9.18 Å². The molecule has 1 aliphatic heterocycles. The van der Waals surface area contributed by atoms with Crippen LogP contribution in [0, 0.1) is 5.82 Å². The summed E-state index contributed by atoms with van der Waals surface area (Å²) in [6, 6.07) is 14.0. The topological polar surface area (TPSA) is 59.2 Å². The molecule has 0 N–H and O–H groups in total. The number of hydrogen-bond donors (Lipinski definition) is 0. The molecule has 0 bridgehead atoms. The fourth-order valence-corrected chi connectivity index (χ4v) is 3.70. The van der Waals surface area contributed by atoms with Crippen LogP contribution in [-0.2, 0) is 0 Å². The van der Waals surface area contributed by atoms with Gasteiger partial charge >= 0.3 is 0 Å². The number of amides is 1. The van der Waals surface area contributed by atoms with Crippen LogP contribution in [0.2, 0.25) is 0 Å². The Kier molecular flexibility index (Phi) is 5.43. The number of carbonyl (C=O) groups is 1. The van der Waals surface area contributed by atoms with Crippen LogP contribution in [-0.4, -0.2) is 34.0 Å². The second-order valence-corrected chi connectivity index (χ2v) is 7.83. The summed E-state index contributed by atoms with van der Waals surface area (Å²) in [5.74, 6) is 0.964. The first kappa shape index (κ1) is 19.3. The van der Waals surface area contributed by atoms with E-state index in [1.807, 2.05) is 29.2 Å². The molecule has 1 amide bonds. The maximum atomic E-state index is 13.5. The molecule has 0 radical (unpaired) electrons. The summed E-state index contributed by atoms with van der Waals surface area (Å²) in [5, 5.41) is 4.00. The van der Waals surface area contributed by atoms with Gasteiger partial charge in [0.25, 0.3) is 5.91 Å². The SMILES string of the molecule is CC(C)c1ccc(C(=O)N2CCCC(c3nc(-c4cccc(F)c4)no3)C2)cc1. The van der Waals surface area contributed by atoms with E-state index >= 15 is 0 Å². The van der Waals surface area contributed by atoms with Crippen molar-refractivity contribution in [3.8, 4) is 11.4 Å². The molecule has 150 valence electrons. The molecular formula is C23H24FN3O2. The molecule has 1 fully saturated rings. The number of aromatic nitrogens is 2. The van der Waals surface area contributed by atoms with Gasteiger partial charge in [-0.2, -0.15) is 4.98 Å². The Morgan fingerprint density at radius 2 is 2.00 bits per heavy atom. The fraction of sp³-hybridized carbons (Fsp3) is 0.348. The van der Waals surface area contributed by atoms with Crippen molar-refractivity contribution < 1.29 is 13.7 Å². The Balaban J connectivity index is 1.48. The molecule has 3 aromatic rings. The number of likely N-dealkylation sites (tertiary alicyclic amines) is 1.